The third-order valence-electron chi connectivity index (χ3n) is 2.33. The summed E-state index contributed by atoms with van der Waals surface area (Å²) in [5.41, 5.74) is -0.500. The van der Waals surface area contributed by atoms with Gasteiger partial charge in [0.25, 0.3) is 0 Å². The molecule has 0 aliphatic heterocycles. The van der Waals surface area contributed by atoms with Crippen LogP contribution in [0.1, 0.15) is 34.6 Å². The second-order valence-corrected chi connectivity index (χ2v) is 3.45. The third-order valence-corrected chi connectivity index (χ3v) is 2.33. The van der Waals surface area contributed by atoms with E-state index < -0.39 is 5.54 Å². The normalized spacial score (nSPS) is 11.8. The molecule has 13 heavy (non-hydrogen) atoms. The summed E-state index contributed by atoms with van der Waals surface area (Å²) in [6, 6.07) is 0. The molecule has 0 aliphatic rings. The van der Waals surface area contributed by atoms with E-state index in [1.54, 1.807) is 0 Å². The van der Waals surface area contributed by atoms with E-state index in [0.29, 0.717) is 6.61 Å². The molecule has 0 aromatic heterocycles. The zero-order valence-corrected chi connectivity index (χ0v) is 9.39. The number of likely N-dealkylation sites (N-methyl/N-ethyl adjacent to an activating group) is 1. The zero-order chi connectivity index (χ0) is 10.5. The van der Waals surface area contributed by atoms with Gasteiger partial charge in [0.2, 0.25) is 0 Å². The fourth-order valence-corrected chi connectivity index (χ4v) is 1.45. The first kappa shape index (κ1) is 12.4. The monoisotopic (exact) mass is 187 g/mol. The van der Waals surface area contributed by atoms with E-state index in [2.05, 4.69) is 4.90 Å². The minimum Gasteiger partial charge on any atom is -0.465 e. The van der Waals surface area contributed by atoms with Crippen molar-refractivity contribution in [2.45, 2.75) is 40.2 Å². The fourth-order valence-electron chi connectivity index (χ4n) is 1.45. The highest BCUT2D eigenvalue weighted by Crippen LogP contribution is 2.15. The summed E-state index contributed by atoms with van der Waals surface area (Å²) in [5.74, 6) is -0.140. The minimum atomic E-state index is -0.500. The molecule has 0 spiro atoms. The van der Waals surface area contributed by atoms with E-state index in [9.17, 15) is 4.79 Å². The van der Waals surface area contributed by atoms with Gasteiger partial charge in [-0.05, 0) is 33.9 Å². The number of nitrogens with zero attached hydrogens (tertiary/aromatic N) is 1. The lowest BCUT2D eigenvalue weighted by molar-refractivity contribution is -0.155. The first-order chi connectivity index (χ1) is 6.00. The van der Waals surface area contributed by atoms with Crippen molar-refractivity contribution in [2.24, 2.45) is 0 Å². The van der Waals surface area contributed by atoms with Crippen LogP contribution < -0.4 is 0 Å². The van der Waals surface area contributed by atoms with Gasteiger partial charge in [-0.15, -0.1) is 0 Å². The van der Waals surface area contributed by atoms with Gasteiger partial charge in [0, 0.05) is 0 Å². The van der Waals surface area contributed by atoms with Crippen LogP contribution in [0.2, 0.25) is 0 Å². The lowest BCUT2D eigenvalue weighted by atomic mass is 10.0. The van der Waals surface area contributed by atoms with Gasteiger partial charge >= 0.3 is 5.97 Å². The molecule has 0 rings (SSSR count). The molecular weight excluding hydrogens is 166 g/mol. The van der Waals surface area contributed by atoms with Crippen molar-refractivity contribution < 1.29 is 9.53 Å². The van der Waals surface area contributed by atoms with Crippen molar-refractivity contribution in [1.82, 2.24) is 4.90 Å². The van der Waals surface area contributed by atoms with Crippen LogP contribution in [0.15, 0.2) is 0 Å². The summed E-state index contributed by atoms with van der Waals surface area (Å²) in [6.07, 6.45) is 0. The summed E-state index contributed by atoms with van der Waals surface area (Å²) >= 11 is 0. The van der Waals surface area contributed by atoms with Crippen molar-refractivity contribution in [2.75, 3.05) is 19.7 Å². The van der Waals surface area contributed by atoms with Crippen molar-refractivity contribution in [3.05, 3.63) is 0 Å². The van der Waals surface area contributed by atoms with E-state index in [1.165, 1.54) is 0 Å². The number of ether oxygens (including phenoxy) is 1. The maximum absolute atomic E-state index is 11.6. The Hall–Kier alpha value is -0.570. The quantitative estimate of drug-likeness (QED) is 0.613. The van der Waals surface area contributed by atoms with Crippen LogP contribution in [0, 0.1) is 0 Å². The Labute approximate surface area is 81.1 Å². The highest BCUT2D eigenvalue weighted by molar-refractivity contribution is 5.79. The van der Waals surface area contributed by atoms with Crippen LogP contribution >= 0.6 is 0 Å². The SMILES string of the molecule is CCOC(=O)C(C)(C)N(CC)CC. The molecule has 0 bridgehead atoms. The van der Waals surface area contributed by atoms with Crippen LogP contribution in [0.4, 0.5) is 0 Å². The molecule has 0 aliphatic carbocycles. The van der Waals surface area contributed by atoms with Crippen LogP contribution in [0.5, 0.6) is 0 Å². The number of rotatable bonds is 5. The molecule has 0 fully saturated rings. The molecule has 78 valence electrons. The van der Waals surface area contributed by atoms with E-state index in [1.807, 2.05) is 34.6 Å². The van der Waals surface area contributed by atoms with Crippen molar-refractivity contribution in [1.29, 1.82) is 0 Å². The first-order valence-electron chi connectivity index (χ1n) is 4.92. The van der Waals surface area contributed by atoms with Crippen molar-refractivity contribution in [3.8, 4) is 0 Å². The predicted octanol–water partition coefficient (Wildman–Crippen LogP) is 1.67. The van der Waals surface area contributed by atoms with Gasteiger partial charge in [0.05, 0.1) is 6.61 Å². The van der Waals surface area contributed by atoms with E-state index in [0.717, 1.165) is 13.1 Å². The van der Waals surface area contributed by atoms with Crippen LogP contribution in [0.25, 0.3) is 0 Å². The second kappa shape index (κ2) is 5.22. The average Bonchev–Trinajstić information content (AvgIpc) is 2.06. The van der Waals surface area contributed by atoms with E-state index in [4.69, 9.17) is 4.74 Å². The molecule has 0 heterocycles. The summed E-state index contributed by atoms with van der Waals surface area (Å²) < 4.78 is 5.01. The molecule has 3 heteroatoms. The summed E-state index contributed by atoms with van der Waals surface area (Å²) in [4.78, 5) is 13.6. The molecule has 0 atom stereocenters. The lowest BCUT2D eigenvalue weighted by Gasteiger charge is -2.34. The summed E-state index contributed by atoms with van der Waals surface area (Å²) in [7, 11) is 0. The molecule has 0 aromatic carbocycles. The fraction of sp³-hybridized carbons (Fsp3) is 0.900. The molecule has 0 radical (unpaired) electrons. The predicted molar refractivity (Wildman–Crippen MR) is 53.6 cm³/mol. The standard InChI is InChI=1S/C10H21NO2/c1-6-11(7-2)10(4,5)9(12)13-8-3/h6-8H2,1-5H3. The Morgan fingerprint density at radius 3 is 2.00 bits per heavy atom. The van der Waals surface area contributed by atoms with Gasteiger partial charge in [-0.25, -0.2) is 0 Å². The largest absolute Gasteiger partial charge is 0.465 e. The highest BCUT2D eigenvalue weighted by atomic mass is 16.5. The third kappa shape index (κ3) is 2.99. The van der Waals surface area contributed by atoms with Crippen LogP contribution in [-0.4, -0.2) is 36.1 Å². The number of carbonyl (C=O) groups excluding carboxylic acids is 1. The van der Waals surface area contributed by atoms with Gasteiger partial charge in [0.1, 0.15) is 5.54 Å². The van der Waals surface area contributed by atoms with Gasteiger partial charge in [0.15, 0.2) is 0 Å². The minimum absolute atomic E-state index is 0.140. The summed E-state index contributed by atoms with van der Waals surface area (Å²) in [6.45, 7) is 11.9. The number of carbonyl (C=O) groups is 1. The Kier molecular flexibility index (Phi) is 4.99. The number of hydrogen-bond acceptors (Lipinski definition) is 3. The molecule has 0 amide bonds. The first-order valence-corrected chi connectivity index (χ1v) is 4.92. The van der Waals surface area contributed by atoms with Crippen LogP contribution in [-0.2, 0) is 9.53 Å². The van der Waals surface area contributed by atoms with Gasteiger partial charge in [-0.2, -0.15) is 0 Å². The molecule has 0 unspecified atom stereocenters. The Morgan fingerprint density at radius 2 is 1.69 bits per heavy atom. The highest BCUT2D eigenvalue weighted by Gasteiger charge is 2.33. The molecule has 0 aromatic rings. The van der Waals surface area contributed by atoms with Gasteiger partial charge in [-0.3, -0.25) is 9.69 Å². The zero-order valence-electron chi connectivity index (χ0n) is 9.39. The van der Waals surface area contributed by atoms with Crippen LogP contribution in [0.3, 0.4) is 0 Å². The smallest absolute Gasteiger partial charge is 0.325 e. The topological polar surface area (TPSA) is 29.5 Å². The van der Waals surface area contributed by atoms with Gasteiger partial charge < -0.3 is 4.74 Å². The summed E-state index contributed by atoms with van der Waals surface area (Å²) in [5, 5.41) is 0. The molecular formula is C10H21NO2. The lowest BCUT2D eigenvalue weighted by Crippen LogP contribution is -2.50. The molecule has 0 saturated heterocycles. The van der Waals surface area contributed by atoms with E-state index in [-0.39, 0.29) is 5.97 Å². The number of hydrogen-bond donors (Lipinski definition) is 0. The van der Waals surface area contributed by atoms with Crippen molar-refractivity contribution >= 4 is 5.97 Å². The molecule has 3 nitrogen and oxygen atoms in total. The average molecular weight is 187 g/mol. The molecule has 0 saturated carbocycles. The second-order valence-electron chi connectivity index (χ2n) is 3.45. The molecule has 0 N–H and O–H groups in total. The van der Waals surface area contributed by atoms with Crippen molar-refractivity contribution in [3.63, 3.8) is 0 Å². The van der Waals surface area contributed by atoms with E-state index >= 15 is 0 Å². The Bertz CT molecular complexity index is 162. The van der Waals surface area contributed by atoms with Gasteiger partial charge in [-0.1, -0.05) is 13.8 Å². The Balaban J connectivity index is 4.42. The maximum Gasteiger partial charge on any atom is 0.325 e. The Morgan fingerprint density at radius 1 is 1.23 bits per heavy atom. The maximum atomic E-state index is 11.6. The number of esters is 1.